The molecule has 6 nitrogen and oxygen atoms in total. The SMILES string of the molecule is CCn1ncc2c1CN(C(=O)c1cc(Cc3nncc4ccccc34)ccc1F)C2. The Bertz CT molecular complexity index is 1260. The molecule has 30 heavy (non-hydrogen) atoms. The highest BCUT2D eigenvalue weighted by Gasteiger charge is 2.29. The number of carbonyl (C=O) groups is 1. The van der Waals surface area contributed by atoms with Crippen molar-refractivity contribution in [2.45, 2.75) is 33.0 Å². The molecule has 5 rings (SSSR count). The predicted octanol–water partition coefficient (Wildman–Crippen LogP) is 3.73. The van der Waals surface area contributed by atoms with Gasteiger partial charge in [-0.3, -0.25) is 9.48 Å². The van der Waals surface area contributed by atoms with Gasteiger partial charge in [0.05, 0.1) is 35.9 Å². The van der Waals surface area contributed by atoms with Gasteiger partial charge in [0, 0.05) is 35.8 Å². The van der Waals surface area contributed by atoms with E-state index >= 15 is 0 Å². The summed E-state index contributed by atoms with van der Waals surface area (Å²) >= 11 is 0. The van der Waals surface area contributed by atoms with Gasteiger partial charge in [-0.2, -0.15) is 15.3 Å². The molecule has 1 aliphatic heterocycles. The fourth-order valence-corrected chi connectivity index (χ4v) is 4.05. The number of fused-ring (bicyclic) bond motifs is 2. The van der Waals surface area contributed by atoms with Crippen LogP contribution in [0.15, 0.2) is 54.9 Å². The van der Waals surface area contributed by atoms with Crippen LogP contribution in [0.3, 0.4) is 0 Å². The Kier molecular flexibility index (Phi) is 4.50. The zero-order valence-electron chi connectivity index (χ0n) is 16.5. The number of benzene rings is 2. The van der Waals surface area contributed by atoms with Gasteiger partial charge in [-0.05, 0) is 24.6 Å². The van der Waals surface area contributed by atoms with E-state index in [4.69, 9.17) is 0 Å². The van der Waals surface area contributed by atoms with Gasteiger partial charge >= 0.3 is 0 Å². The van der Waals surface area contributed by atoms with Gasteiger partial charge < -0.3 is 4.90 Å². The molecule has 0 bridgehead atoms. The second-order valence-corrected chi connectivity index (χ2v) is 7.46. The van der Waals surface area contributed by atoms with Crippen molar-refractivity contribution >= 4 is 16.7 Å². The number of hydrogen-bond donors (Lipinski definition) is 0. The third-order valence-electron chi connectivity index (χ3n) is 5.60. The summed E-state index contributed by atoms with van der Waals surface area (Å²) in [7, 11) is 0. The molecule has 0 unspecified atom stereocenters. The number of halogens is 1. The van der Waals surface area contributed by atoms with Gasteiger partial charge in [0.1, 0.15) is 5.82 Å². The van der Waals surface area contributed by atoms with Gasteiger partial charge in [0.2, 0.25) is 0 Å². The molecule has 0 atom stereocenters. The molecular weight excluding hydrogens is 381 g/mol. The maximum atomic E-state index is 14.6. The minimum absolute atomic E-state index is 0.0851. The molecule has 0 fully saturated rings. The summed E-state index contributed by atoms with van der Waals surface area (Å²) in [5.41, 5.74) is 3.75. The first-order chi connectivity index (χ1) is 14.6. The van der Waals surface area contributed by atoms with Crippen LogP contribution in [0, 0.1) is 5.82 Å². The van der Waals surface area contributed by atoms with E-state index in [1.165, 1.54) is 6.07 Å². The van der Waals surface area contributed by atoms with Crippen LogP contribution >= 0.6 is 0 Å². The quantitative estimate of drug-likeness (QED) is 0.523. The molecule has 4 aromatic rings. The minimum atomic E-state index is -0.513. The van der Waals surface area contributed by atoms with Crippen LogP contribution in [0.5, 0.6) is 0 Å². The number of nitrogens with zero attached hydrogens (tertiary/aromatic N) is 5. The fraction of sp³-hybridized carbons (Fsp3) is 0.217. The molecule has 2 aromatic carbocycles. The molecule has 3 heterocycles. The number of aromatic nitrogens is 4. The van der Waals surface area contributed by atoms with E-state index in [2.05, 4.69) is 15.3 Å². The molecule has 2 aromatic heterocycles. The van der Waals surface area contributed by atoms with Crippen LogP contribution in [0.2, 0.25) is 0 Å². The van der Waals surface area contributed by atoms with Crippen LogP contribution in [0.25, 0.3) is 10.8 Å². The summed E-state index contributed by atoms with van der Waals surface area (Å²) in [6.07, 6.45) is 3.99. The average molecular weight is 401 g/mol. The predicted molar refractivity (Wildman–Crippen MR) is 110 cm³/mol. The Morgan fingerprint density at radius 1 is 1.13 bits per heavy atom. The van der Waals surface area contributed by atoms with Gasteiger partial charge in [0.15, 0.2) is 0 Å². The van der Waals surface area contributed by atoms with Crippen molar-refractivity contribution in [3.05, 3.63) is 88.8 Å². The average Bonchev–Trinajstić information content (AvgIpc) is 3.35. The number of carbonyl (C=O) groups excluding carboxylic acids is 1. The van der Waals surface area contributed by atoms with E-state index in [0.29, 0.717) is 19.5 Å². The van der Waals surface area contributed by atoms with Crippen LogP contribution < -0.4 is 0 Å². The monoisotopic (exact) mass is 401 g/mol. The Morgan fingerprint density at radius 2 is 2.00 bits per heavy atom. The lowest BCUT2D eigenvalue weighted by Gasteiger charge is -2.17. The summed E-state index contributed by atoms with van der Waals surface area (Å²) in [5, 5.41) is 14.7. The molecule has 0 spiro atoms. The molecule has 1 amide bonds. The molecular formula is C23H20FN5O. The first kappa shape index (κ1) is 18.4. The number of rotatable bonds is 4. The summed E-state index contributed by atoms with van der Waals surface area (Å²) < 4.78 is 16.5. The lowest BCUT2D eigenvalue weighted by atomic mass is 10.0. The van der Waals surface area contributed by atoms with Crippen LogP contribution in [-0.4, -0.2) is 30.8 Å². The third-order valence-corrected chi connectivity index (χ3v) is 5.60. The number of aryl methyl sites for hydroxylation is 1. The first-order valence-corrected chi connectivity index (χ1v) is 9.94. The molecule has 1 aliphatic rings. The third kappa shape index (κ3) is 3.12. The van der Waals surface area contributed by atoms with E-state index in [1.54, 1.807) is 29.4 Å². The molecule has 0 N–H and O–H groups in total. The topological polar surface area (TPSA) is 63.9 Å². The zero-order valence-corrected chi connectivity index (χ0v) is 16.5. The van der Waals surface area contributed by atoms with E-state index in [0.717, 1.165) is 39.8 Å². The summed E-state index contributed by atoms with van der Waals surface area (Å²) in [5.74, 6) is -0.821. The highest BCUT2D eigenvalue weighted by molar-refractivity contribution is 5.95. The first-order valence-electron chi connectivity index (χ1n) is 9.94. The van der Waals surface area contributed by atoms with Gasteiger partial charge in [-0.1, -0.05) is 30.3 Å². The Labute approximate surface area is 173 Å². The highest BCUT2D eigenvalue weighted by Crippen LogP contribution is 2.26. The van der Waals surface area contributed by atoms with Gasteiger partial charge in [-0.25, -0.2) is 4.39 Å². The highest BCUT2D eigenvalue weighted by atomic mass is 19.1. The number of amides is 1. The second-order valence-electron chi connectivity index (χ2n) is 7.46. The Hall–Kier alpha value is -3.61. The second kappa shape index (κ2) is 7.33. The van der Waals surface area contributed by atoms with Crippen molar-refractivity contribution in [3.63, 3.8) is 0 Å². The van der Waals surface area contributed by atoms with Gasteiger partial charge in [0.25, 0.3) is 5.91 Å². The maximum Gasteiger partial charge on any atom is 0.257 e. The van der Waals surface area contributed by atoms with E-state index in [-0.39, 0.29) is 11.5 Å². The molecule has 0 saturated carbocycles. The van der Waals surface area contributed by atoms with Crippen molar-refractivity contribution in [1.82, 2.24) is 24.9 Å². The molecule has 0 saturated heterocycles. The standard InChI is InChI=1S/C23H20FN5O/c1-2-29-22-14-28(13-17(22)12-26-29)23(30)19-9-15(7-8-20(19)24)10-21-18-6-4-3-5-16(18)11-25-27-21/h3-9,11-12H,2,10,13-14H2,1H3. The lowest BCUT2D eigenvalue weighted by molar-refractivity contribution is 0.0743. The van der Waals surface area contributed by atoms with E-state index in [1.807, 2.05) is 35.9 Å². The van der Waals surface area contributed by atoms with Crippen molar-refractivity contribution in [1.29, 1.82) is 0 Å². The molecule has 0 radical (unpaired) electrons. The largest absolute Gasteiger partial charge is 0.328 e. The van der Waals surface area contributed by atoms with E-state index < -0.39 is 5.82 Å². The van der Waals surface area contributed by atoms with Crippen LogP contribution in [0.1, 0.15) is 39.8 Å². The molecule has 150 valence electrons. The summed E-state index contributed by atoms with van der Waals surface area (Å²) in [6, 6.07) is 12.6. The maximum absolute atomic E-state index is 14.6. The Balaban J connectivity index is 1.42. The minimum Gasteiger partial charge on any atom is -0.328 e. The number of hydrogen-bond acceptors (Lipinski definition) is 4. The van der Waals surface area contributed by atoms with Crippen LogP contribution in [-0.2, 0) is 26.1 Å². The smallest absolute Gasteiger partial charge is 0.257 e. The van der Waals surface area contributed by atoms with Gasteiger partial charge in [-0.15, -0.1) is 0 Å². The fourth-order valence-electron chi connectivity index (χ4n) is 4.05. The molecule has 0 aliphatic carbocycles. The van der Waals surface area contributed by atoms with Crippen LogP contribution in [0.4, 0.5) is 4.39 Å². The zero-order chi connectivity index (χ0) is 20.7. The van der Waals surface area contributed by atoms with Crippen molar-refractivity contribution in [2.24, 2.45) is 0 Å². The van der Waals surface area contributed by atoms with E-state index in [9.17, 15) is 9.18 Å². The summed E-state index contributed by atoms with van der Waals surface area (Å²) in [4.78, 5) is 14.7. The Morgan fingerprint density at radius 3 is 2.87 bits per heavy atom. The normalized spacial score (nSPS) is 13.1. The molecule has 7 heteroatoms. The summed E-state index contributed by atoms with van der Waals surface area (Å²) in [6.45, 7) is 3.65. The van der Waals surface area contributed by atoms with Crippen molar-refractivity contribution in [3.8, 4) is 0 Å². The van der Waals surface area contributed by atoms with Crippen molar-refractivity contribution in [2.75, 3.05) is 0 Å². The lowest BCUT2D eigenvalue weighted by Crippen LogP contribution is -2.27. The van der Waals surface area contributed by atoms with Crippen molar-refractivity contribution < 1.29 is 9.18 Å².